The van der Waals surface area contributed by atoms with Crippen LogP contribution in [0.15, 0.2) is 42.5 Å². The molecule has 1 amide bonds. The molecule has 4 nitrogen and oxygen atoms in total. The molecular weight excluding hydrogens is 238 g/mol. The summed E-state index contributed by atoms with van der Waals surface area (Å²) in [6.07, 6.45) is 0. The second kappa shape index (κ2) is 4.24. The number of nitrogens with two attached hydrogens (primary N) is 1. The van der Waals surface area contributed by atoms with E-state index in [1.807, 2.05) is 43.3 Å². The first-order valence-corrected chi connectivity index (χ1v) is 6.01. The monoisotopic (exact) mass is 251 g/mol. The Morgan fingerprint density at radius 1 is 1.21 bits per heavy atom. The molecule has 0 aliphatic rings. The van der Waals surface area contributed by atoms with Gasteiger partial charge in [0.25, 0.3) is 5.91 Å². The molecular formula is C15H13N3O. The number of nitrogens with zero attached hydrogens (tertiary/aromatic N) is 1. The van der Waals surface area contributed by atoms with Crippen molar-refractivity contribution in [3.63, 3.8) is 0 Å². The van der Waals surface area contributed by atoms with E-state index in [9.17, 15) is 4.79 Å². The van der Waals surface area contributed by atoms with Crippen LogP contribution in [-0.4, -0.2) is 15.9 Å². The van der Waals surface area contributed by atoms with E-state index in [-0.39, 0.29) is 0 Å². The van der Waals surface area contributed by atoms with Crippen molar-refractivity contribution < 1.29 is 4.79 Å². The van der Waals surface area contributed by atoms with E-state index in [1.54, 1.807) is 6.07 Å². The van der Waals surface area contributed by atoms with E-state index >= 15 is 0 Å². The summed E-state index contributed by atoms with van der Waals surface area (Å²) >= 11 is 0. The maximum Gasteiger partial charge on any atom is 0.265 e. The molecule has 3 aromatic rings. The lowest BCUT2D eigenvalue weighted by Gasteiger charge is -2.04. The number of rotatable bonds is 2. The summed E-state index contributed by atoms with van der Waals surface area (Å²) in [4.78, 5) is 18.6. The summed E-state index contributed by atoms with van der Waals surface area (Å²) in [6.45, 7) is 2.05. The lowest BCUT2D eigenvalue weighted by Crippen LogP contribution is -2.10. The molecule has 0 unspecified atom stereocenters. The third kappa shape index (κ3) is 1.97. The van der Waals surface area contributed by atoms with Crippen molar-refractivity contribution in [3.05, 3.63) is 53.7 Å². The highest BCUT2D eigenvalue weighted by molar-refractivity contribution is 5.96. The molecule has 0 saturated carbocycles. The van der Waals surface area contributed by atoms with Gasteiger partial charge in [-0.05, 0) is 30.7 Å². The zero-order valence-electron chi connectivity index (χ0n) is 10.5. The number of pyridine rings is 1. The third-order valence-corrected chi connectivity index (χ3v) is 3.17. The van der Waals surface area contributed by atoms with Crippen molar-refractivity contribution in [2.45, 2.75) is 6.92 Å². The lowest BCUT2D eigenvalue weighted by molar-refractivity contribution is 0.0996. The maximum atomic E-state index is 11.1. The summed E-state index contributed by atoms with van der Waals surface area (Å²) < 4.78 is 0. The van der Waals surface area contributed by atoms with Crippen molar-refractivity contribution in [2.75, 3.05) is 0 Å². The Hall–Kier alpha value is -2.62. The van der Waals surface area contributed by atoms with Crippen LogP contribution < -0.4 is 5.73 Å². The number of carbonyl (C=O) groups is 1. The van der Waals surface area contributed by atoms with E-state index in [4.69, 9.17) is 5.73 Å². The second-order valence-electron chi connectivity index (χ2n) is 4.50. The highest BCUT2D eigenvalue weighted by Crippen LogP contribution is 2.23. The van der Waals surface area contributed by atoms with Gasteiger partial charge in [0.05, 0.1) is 5.69 Å². The first kappa shape index (κ1) is 11.5. The minimum absolute atomic E-state index is 0.379. The average Bonchev–Trinajstić information content (AvgIpc) is 2.82. The molecule has 0 fully saturated rings. The molecule has 0 aliphatic heterocycles. The predicted molar refractivity (Wildman–Crippen MR) is 74.8 cm³/mol. The normalized spacial score (nSPS) is 10.8. The van der Waals surface area contributed by atoms with Gasteiger partial charge in [0.15, 0.2) is 0 Å². The number of hydrogen-bond acceptors (Lipinski definition) is 2. The maximum absolute atomic E-state index is 11.1. The number of fused-ring (bicyclic) bond motifs is 1. The molecule has 0 atom stereocenters. The molecule has 1 aromatic carbocycles. The van der Waals surface area contributed by atoms with Gasteiger partial charge >= 0.3 is 0 Å². The minimum atomic E-state index is -0.476. The Kier molecular flexibility index (Phi) is 2.56. The molecule has 3 rings (SSSR count). The van der Waals surface area contributed by atoms with E-state index in [2.05, 4.69) is 9.97 Å². The van der Waals surface area contributed by atoms with Gasteiger partial charge in [0, 0.05) is 10.9 Å². The predicted octanol–water partition coefficient (Wildman–Crippen LogP) is 2.64. The highest BCUT2D eigenvalue weighted by Gasteiger charge is 2.08. The van der Waals surface area contributed by atoms with Gasteiger partial charge in [-0.3, -0.25) is 4.79 Å². The van der Waals surface area contributed by atoms with Crippen LogP contribution in [0.2, 0.25) is 0 Å². The first-order valence-electron chi connectivity index (χ1n) is 6.01. The summed E-state index contributed by atoms with van der Waals surface area (Å²) in [5, 5.41) is 0.881. The van der Waals surface area contributed by atoms with Crippen LogP contribution in [0.5, 0.6) is 0 Å². The number of amides is 1. The van der Waals surface area contributed by atoms with Crippen molar-refractivity contribution in [3.8, 4) is 11.3 Å². The van der Waals surface area contributed by atoms with E-state index in [0.29, 0.717) is 11.3 Å². The Morgan fingerprint density at radius 3 is 2.74 bits per heavy atom. The van der Waals surface area contributed by atoms with Crippen LogP contribution >= 0.6 is 0 Å². The number of aromatic nitrogens is 2. The summed E-state index contributed by atoms with van der Waals surface area (Å²) in [5.74, 6) is -0.476. The number of nitrogens with one attached hydrogen (secondary N) is 1. The van der Waals surface area contributed by atoms with Crippen molar-refractivity contribution in [1.29, 1.82) is 0 Å². The van der Waals surface area contributed by atoms with Crippen LogP contribution in [0, 0.1) is 6.92 Å². The first-order chi connectivity index (χ1) is 9.15. The van der Waals surface area contributed by atoms with Crippen LogP contribution in [0.1, 0.15) is 16.1 Å². The van der Waals surface area contributed by atoms with E-state index in [1.165, 1.54) is 0 Å². The highest BCUT2D eigenvalue weighted by atomic mass is 16.1. The molecule has 4 heteroatoms. The number of benzene rings is 1. The summed E-state index contributed by atoms with van der Waals surface area (Å²) in [6, 6.07) is 13.7. The van der Waals surface area contributed by atoms with Crippen LogP contribution in [0.4, 0.5) is 0 Å². The Bertz CT molecular complexity index is 774. The molecule has 2 heterocycles. The SMILES string of the molecule is Cc1ccccc1-c1ccc2cc(C(N)=O)[nH]c2n1. The quantitative estimate of drug-likeness (QED) is 0.735. The van der Waals surface area contributed by atoms with Crippen LogP contribution in [0.3, 0.4) is 0 Å². The standard InChI is InChI=1S/C15H13N3O/c1-9-4-2-3-5-11(9)12-7-6-10-8-13(14(16)19)18-15(10)17-12/h2-8H,1H3,(H2,16,19)(H,17,18). The van der Waals surface area contributed by atoms with Gasteiger partial charge in [0.2, 0.25) is 0 Å². The Balaban J connectivity index is 2.16. The fraction of sp³-hybridized carbons (Fsp3) is 0.0667. The molecule has 94 valence electrons. The number of aryl methyl sites for hydroxylation is 1. The van der Waals surface area contributed by atoms with Gasteiger partial charge in [-0.2, -0.15) is 0 Å². The molecule has 0 aliphatic carbocycles. The van der Waals surface area contributed by atoms with Crippen molar-refractivity contribution >= 4 is 16.9 Å². The molecule has 3 N–H and O–H groups in total. The van der Waals surface area contributed by atoms with Crippen molar-refractivity contribution in [1.82, 2.24) is 9.97 Å². The van der Waals surface area contributed by atoms with Gasteiger partial charge < -0.3 is 10.7 Å². The van der Waals surface area contributed by atoms with Gasteiger partial charge in [-0.25, -0.2) is 4.98 Å². The Labute approximate surface area is 110 Å². The number of carbonyl (C=O) groups excluding carboxylic acids is 1. The molecule has 19 heavy (non-hydrogen) atoms. The third-order valence-electron chi connectivity index (χ3n) is 3.17. The smallest absolute Gasteiger partial charge is 0.265 e. The van der Waals surface area contributed by atoms with Gasteiger partial charge in [0.1, 0.15) is 11.3 Å². The lowest BCUT2D eigenvalue weighted by atomic mass is 10.1. The number of H-pyrrole nitrogens is 1. The minimum Gasteiger partial charge on any atom is -0.364 e. The molecule has 0 spiro atoms. The topological polar surface area (TPSA) is 71.8 Å². The molecule has 0 saturated heterocycles. The largest absolute Gasteiger partial charge is 0.364 e. The average molecular weight is 251 g/mol. The molecule has 2 aromatic heterocycles. The Morgan fingerprint density at radius 2 is 2.00 bits per heavy atom. The van der Waals surface area contributed by atoms with E-state index < -0.39 is 5.91 Å². The van der Waals surface area contributed by atoms with Gasteiger partial charge in [-0.1, -0.05) is 24.3 Å². The summed E-state index contributed by atoms with van der Waals surface area (Å²) in [5.41, 5.74) is 9.43. The fourth-order valence-electron chi connectivity index (χ4n) is 2.15. The number of aromatic amines is 1. The second-order valence-corrected chi connectivity index (χ2v) is 4.50. The molecule has 0 radical (unpaired) electrons. The number of primary amides is 1. The number of hydrogen-bond donors (Lipinski definition) is 2. The fourth-order valence-corrected chi connectivity index (χ4v) is 2.15. The summed E-state index contributed by atoms with van der Waals surface area (Å²) in [7, 11) is 0. The zero-order valence-corrected chi connectivity index (χ0v) is 10.5. The zero-order chi connectivity index (χ0) is 13.4. The van der Waals surface area contributed by atoms with Crippen molar-refractivity contribution in [2.24, 2.45) is 5.73 Å². The molecule has 0 bridgehead atoms. The van der Waals surface area contributed by atoms with Crippen LogP contribution in [0.25, 0.3) is 22.3 Å². The van der Waals surface area contributed by atoms with Crippen LogP contribution in [-0.2, 0) is 0 Å². The van der Waals surface area contributed by atoms with E-state index in [0.717, 1.165) is 22.2 Å². The van der Waals surface area contributed by atoms with Gasteiger partial charge in [-0.15, -0.1) is 0 Å².